The topological polar surface area (TPSA) is 98.0 Å². The molecule has 2 aliphatic heterocycles. The van der Waals surface area contributed by atoms with Gasteiger partial charge < -0.3 is 4.74 Å². The van der Waals surface area contributed by atoms with Gasteiger partial charge in [-0.25, -0.2) is 14.7 Å². The second kappa shape index (κ2) is 9.01. The highest BCUT2D eigenvalue weighted by Crippen LogP contribution is 2.35. The first-order valence-electron chi connectivity index (χ1n) is 11.2. The number of hydrogen-bond acceptors (Lipinski definition) is 7. The van der Waals surface area contributed by atoms with Gasteiger partial charge in [0, 0.05) is 12.5 Å². The maximum absolute atomic E-state index is 14.0. The molecule has 0 N–H and O–H groups in total. The highest BCUT2D eigenvalue weighted by atomic mass is 32.1. The van der Waals surface area contributed by atoms with Crippen LogP contribution in [0.4, 0.5) is 5.69 Å². The predicted molar refractivity (Wildman–Crippen MR) is 135 cm³/mol. The number of benzene rings is 2. The number of ether oxygens (including phenoxy) is 1. The number of thiazole rings is 1. The summed E-state index contributed by atoms with van der Waals surface area (Å²) < 4.78 is 6.91. The second-order valence-electron chi connectivity index (χ2n) is 8.25. The van der Waals surface area contributed by atoms with Crippen LogP contribution in [0.15, 0.2) is 88.3 Å². The Kier molecular flexibility index (Phi) is 5.85. The van der Waals surface area contributed by atoms with Gasteiger partial charge in [0.1, 0.15) is 11.1 Å². The molecule has 1 aromatic heterocycles. The lowest BCUT2D eigenvalue weighted by molar-refractivity contribution is -0.138. The fourth-order valence-electron chi connectivity index (χ4n) is 4.54. The molecular weight excluding hydrogens is 478 g/mol. The van der Waals surface area contributed by atoms with Gasteiger partial charge in [-0.3, -0.25) is 19.0 Å². The smallest absolute Gasteiger partial charge is 0.338 e. The Bertz CT molecular complexity index is 1660. The third kappa shape index (κ3) is 3.56. The number of imide groups is 1. The Morgan fingerprint density at radius 2 is 1.81 bits per heavy atom. The Morgan fingerprint density at radius 1 is 1.11 bits per heavy atom. The van der Waals surface area contributed by atoms with Gasteiger partial charge in [0.25, 0.3) is 11.5 Å². The van der Waals surface area contributed by atoms with E-state index in [4.69, 9.17) is 4.74 Å². The number of nitrogens with zero attached hydrogens (tertiary/aromatic N) is 3. The minimum Gasteiger partial charge on any atom is -0.458 e. The molecule has 9 heteroatoms. The van der Waals surface area contributed by atoms with Crippen LogP contribution < -0.4 is 19.8 Å². The van der Waals surface area contributed by atoms with E-state index in [2.05, 4.69) is 11.6 Å². The number of hydrogen-bond donors (Lipinski definition) is 0. The molecule has 0 bridgehead atoms. The van der Waals surface area contributed by atoms with E-state index in [9.17, 15) is 19.2 Å². The van der Waals surface area contributed by atoms with E-state index in [0.29, 0.717) is 27.3 Å². The van der Waals surface area contributed by atoms with Crippen LogP contribution in [0.25, 0.3) is 5.57 Å². The fourth-order valence-corrected chi connectivity index (χ4v) is 5.68. The molecule has 3 aromatic rings. The molecule has 2 amide bonds. The van der Waals surface area contributed by atoms with E-state index in [1.165, 1.54) is 17.6 Å². The summed E-state index contributed by atoms with van der Waals surface area (Å²) in [7, 11) is 0. The van der Waals surface area contributed by atoms with E-state index in [-0.39, 0.29) is 22.3 Å². The fraction of sp³-hybridized carbons (Fsp3) is 0.148. The van der Waals surface area contributed by atoms with Gasteiger partial charge in [0.15, 0.2) is 4.80 Å². The van der Waals surface area contributed by atoms with Crippen LogP contribution in [0, 0.1) is 0 Å². The molecule has 1 atom stereocenters. The molecular formula is C27H21N3O5S. The van der Waals surface area contributed by atoms with E-state index >= 15 is 0 Å². The van der Waals surface area contributed by atoms with Crippen LogP contribution in [0.2, 0.25) is 0 Å². The predicted octanol–water partition coefficient (Wildman–Crippen LogP) is 2.23. The van der Waals surface area contributed by atoms with E-state index in [0.717, 1.165) is 16.2 Å². The van der Waals surface area contributed by atoms with Gasteiger partial charge in [-0.15, -0.1) is 0 Å². The molecule has 3 heterocycles. The lowest BCUT2D eigenvalue weighted by atomic mass is 9.96. The van der Waals surface area contributed by atoms with Crippen molar-refractivity contribution in [2.24, 2.45) is 4.99 Å². The Balaban J connectivity index is 1.81. The zero-order valence-corrected chi connectivity index (χ0v) is 20.4. The number of amides is 2. The molecule has 2 aromatic carbocycles. The SMILES string of the molecule is C=CCOC(=O)C1=C(C)N=c2s/c(=C3/C(=O)N(C(C)=O)c4ccccc43)c(=O)n2[C@H]1c1ccccc1. The number of para-hydroxylation sites is 1. The van der Waals surface area contributed by atoms with Crippen molar-refractivity contribution in [3.05, 3.63) is 109 Å². The summed E-state index contributed by atoms with van der Waals surface area (Å²) in [5.41, 5.74) is 1.94. The molecule has 2 aliphatic rings. The van der Waals surface area contributed by atoms with Gasteiger partial charge in [-0.05, 0) is 18.6 Å². The number of carbonyl (C=O) groups excluding carboxylic acids is 3. The number of anilines is 1. The summed E-state index contributed by atoms with van der Waals surface area (Å²) in [6.45, 7) is 6.59. The average Bonchev–Trinajstić information content (AvgIpc) is 3.34. The van der Waals surface area contributed by atoms with Crippen LogP contribution in [-0.2, 0) is 19.1 Å². The minimum absolute atomic E-state index is 0.0118. The minimum atomic E-state index is -0.801. The molecule has 0 radical (unpaired) electrons. The zero-order chi connectivity index (χ0) is 25.6. The van der Waals surface area contributed by atoms with Crippen molar-refractivity contribution in [3.8, 4) is 0 Å². The summed E-state index contributed by atoms with van der Waals surface area (Å²) in [6.07, 6.45) is 1.46. The molecule has 5 rings (SSSR count). The first-order chi connectivity index (χ1) is 17.3. The molecule has 8 nitrogen and oxygen atoms in total. The maximum Gasteiger partial charge on any atom is 0.338 e. The first kappa shape index (κ1) is 23.4. The second-order valence-corrected chi connectivity index (χ2v) is 9.23. The van der Waals surface area contributed by atoms with Crippen LogP contribution in [-0.4, -0.2) is 29.0 Å². The van der Waals surface area contributed by atoms with Crippen LogP contribution in [0.1, 0.15) is 31.0 Å². The Morgan fingerprint density at radius 3 is 2.50 bits per heavy atom. The number of esters is 1. The number of fused-ring (bicyclic) bond motifs is 2. The highest BCUT2D eigenvalue weighted by molar-refractivity contribution is 7.07. The number of allylic oxidation sites excluding steroid dienone is 1. The van der Waals surface area contributed by atoms with Crippen molar-refractivity contribution < 1.29 is 19.1 Å². The van der Waals surface area contributed by atoms with E-state index in [1.807, 2.05) is 30.3 Å². The monoisotopic (exact) mass is 499 g/mol. The normalized spacial score (nSPS) is 17.9. The lowest BCUT2D eigenvalue weighted by Crippen LogP contribution is -2.41. The third-order valence-electron chi connectivity index (χ3n) is 6.04. The summed E-state index contributed by atoms with van der Waals surface area (Å²) in [4.78, 5) is 58.7. The van der Waals surface area contributed by atoms with Crippen molar-refractivity contribution >= 4 is 40.4 Å². The van der Waals surface area contributed by atoms with Gasteiger partial charge in [-0.2, -0.15) is 0 Å². The summed E-state index contributed by atoms with van der Waals surface area (Å²) in [5.74, 6) is -1.61. The first-order valence-corrected chi connectivity index (χ1v) is 12.0. The van der Waals surface area contributed by atoms with E-state index in [1.54, 1.807) is 31.2 Å². The molecule has 0 fully saturated rings. The van der Waals surface area contributed by atoms with Gasteiger partial charge >= 0.3 is 5.97 Å². The number of carbonyl (C=O) groups is 3. The van der Waals surface area contributed by atoms with Gasteiger partial charge in [0.2, 0.25) is 5.91 Å². The van der Waals surface area contributed by atoms with Crippen molar-refractivity contribution in [2.75, 3.05) is 11.5 Å². The lowest BCUT2D eigenvalue weighted by Gasteiger charge is -2.24. The van der Waals surface area contributed by atoms with Crippen molar-refractivity contribution in [3.63, 3.8) is 0 Å². The molecule has 0 unspecified atom stereocenters. The molecule has 0 aliphatic carbocycles. The summed E-state index contributed by atoms with van der Waals surface area (Å²) in [5, 5.41) is 0. The van der Waals surface area contributed by atoms with Crippen LogP contribution >= 0.6 is 11.3 Å². The van der Waals surface area contributed by atoms with Crippen molar-refractivity contribution in [1.29, 1.82) is 0 Å². The van der Waals surface area contributed by atoms with Gasteiger partial charge in [0.05, 0.1) is 28.6 Å². The third-order valence-corrected chi connectivity index (χ3v) is 7.09. The van der Waals surface area contributed by atoms with Crippen LogP contribution in [0.5, 0.6) is 0 Å². The number of aromatic nitrogens is 1. The average molecular weight is 500 g/mol. The van der Waals surface area contributed by atoms with Crippen molar-refractivity contribution in [2.45, 2.75) is 19.9 Å². The molecule has 36 heavy (non-hydrogen) atoms. The molecule has 180 valence electrons. The number of rotatable bonds is 4. The van der Waals surface area contributed by atoms with Gasteiger partial charge in [-0.1, -0.05) is 72.5 Å². The highest BCUT2D eigenvalue weighted by Gasteiger charge is 2.38. The molecule has 0 saturated carbocycles. The van der Waals surface area contributed by atoms with Crippen LogP contribution in [0.3, 0.4) is 0 Å². The van der Waals surface area contributed by atoms with Crippen molar-refractivity contribution in [1.82, 2.24) is 4.57 Å². The zero-order valence-electron chi connectivity index (χ0n) is 19.6. The Labute approximate surface area is 209 Å². The van der Waals surface area contributed by atoms with E-state index < -0.39 is 29.4 Å². The maximum atomic E-state index is 14.0. The Hall–Kier alpha value is -4.37. The molecule has 0 saturated heterocycles. The summed E-state index contributed by atoms with van der Waals surface area (Å²) in [6, 6.07) is 15.2. The molecule has 0 spiro atoms. The largest absolute Gasteiger partial charge is 0.458 e. The standard InChI is InChI=1S/C27H21N3O5S/c1-4-14-35-26(34)20-15(2)28-27-30(22(20)17-10-6-5-7-11-17)25(33)23(36-27)21-18-12-8-9-13-19(18)29(16(3)31)24(21)32/h4-13,22H,1,14H2,2-3H3/b23-21+/t22-/m0/s1. The quantitative estimate of drug-likeness (QED) is 0.405. The summed E-state index contributed by atoms with van der Waals surface area (Å²) >= 11 is 1.06.